The van der Waals surface area contributed by atoms with Gasteiger partial charge in [0.2, 0.25) is 0 Å². The number of methoxy groups -OCH3 is 1. The fourth-order valence-electron chi connectivity index (χ4n) is 3.66. The lowest BCUT2D eigenvalue weighted by Crippen LogP contribution is -3.09. The number of amides is 3. The van der Waals surface area contributed by atoms with Crippen molar-refractivity contribution < 1.29 is 19.2 Å². The predicted octanol–water partition coefficient (Wildman–Crippen LogP) is 2.26. The van der Waals surface area contributed by atoms with Gasteiger partial charge in [0.1, 0.15) is 17.8 Å². The first-order chi connectivity index (χ1) is 13.7. The Balaban J connectivity index is 1.70. The third-order valence-electron chi connectivity index (χ3n) is 5.50. The van der Waals surface area contributed by atoms with Crippen LogP contribution in [-0.2, 0) is 16.9 Å². The van der Waals surface area contributed by atoms with Gasteiger partial charge in [-0.15, -0.1) is 0 Å². The maximum atomic E-state index is 13.1. The Morgan fingerprint density at radius 3 is 2.45 bits per heavy atom. The molecule has 0 saturated carbocycles. The average Bonchev–Trinajstić information content (AvgIpc) is 2.92. The standard InChI is InChI=1S/C23H29N3O3/c1-16(2)18-11-9-17(10-12-18)14-25(4)15-26-21(27)23(3,24-22(26)28)19-7-6-8-20(13-19)29-5/h6-13,16H,14-15H2,1-5H3,(H,24,28)/p+1/t23-/m1/s1. The van der Waals surface area contributed by atoms with Gasteiger partial charge in [-0.25, -0.2) is 9.69 Å². The summed E-state index contributed by atoms with van der Waals surface area (Å²) < 4.78 is 5.26. The van der Waals surface area contributed by atoms with Crippen molar-refractivity contribution in [3.63, 3.8) is 0 Å². The van der Waals surface area contributed by atoms with Crippen LogP contribution in [0.4, 0.5) is 4.79 Å². The summed E-state index contributed by atoms with van der Waals surface area (Å²) in [5.41, 5.74) is 2.09. The SMILES string of the molecule is COc1cccc([C@@]2(C)NC(=O)N(C[NH+](C)Cc3ccc(C(C)C)cc3)C2=O)c1. The van der Waals surface area contributed by atoms with Crippen molar-refractivity contribution in [2.75, 3.05) is 20.8 Å². The number of benzene rings is 2. The number of nitrogens with one attached hydrogen (secondary N) is 2. The summed E-state index contributed by atoms with van der Waals surface area (Å²) in [6.07, 6.45) is 0. The van der Waals surface area contributed by atoms with Gasteiger partial charge in [0.25, 0.3) is 5.91 Å². The van der Waals surface area contributed by atoms with E-state index in [0.717, 1.165) is 11.4 Å². The molecule has 6 heteroatoms. The van der Waals surface area contributed by atoms with E-state index < -0.39 is 5.54 Å². The van der Waals surface area contributed by atoms with E-state index in [1.165, 1.54) is 16.0 Å². The molecule has 1 unspecified atom stereocenters. The average molecular weight is 397 g/mol. The summed E-state index contributed by atoms with van der Waals surface area (Å²) in [5.74, 6) is 0.899. The topological polar surface area (TPSA) is 63.1 Å². The lowest BCUT2D eigenvalue weighted by molar-refractivity contribution is -0.901. The monoisotopic (exact) mass is 396 g/mol. The van der Waals surface area contributed by atoms with Crippen LogP contribution >= 0.6 is 0 Å². The molecule has 1 aliphatic rings. The second-order valence-electron chi connectivity index (χ2n) is 8.21. The molecule has 0 aliphatic carbocycles. The van der Waals surface area contributed by atoms with E-state index in [1.807, 2.05) is 25.2 Å². The molecule has 1 heterocycles. The lowest BCUT2D eigenvalue weighted by atomic mass is 9.92. The number of hydrogen-bond donors (Lipinski definition) is 2. The van der Waals surface area contributed by atoms with E-state index in [1.54, 1.807) is 20.1 Å². The van der Waals surface area contributed by atoms with Gasteiger partial charge in [0.15, 0.2) is 6.67 Å². The summed E-state index contributed by atoms with van der Waals surface area (Å²) in [6.45, 7) is 7.11. The fourth-order valence-corrected chi connectivity index (χ4v) is 3.66. The number of urea groups is 1. The largest absolute Gasteiger partial charge is 0.497 e. The second kappa shape index (κ2) is 8.25. The van der Waals surface area contributed by atoms with Crippen molar-refractivity contribution in [1.29, 1.82) is 0 Å². The highest BCUT2D eigenvalue weighted by Gasteiger charge is 2.50. The zero-order chi connectivity index (χ0) is 21.2. The van der Waals surface area contributed by atoms with Crippen LogP contribution in [0.25, 0.3) is 0 Å². The van der Waals surface area contributed by atoms with E-state index in [2.05, 4.69) is 43.4 Å². The van der Waals surface area contributed by atoms with Gasteiger partial charge in [0.05, 0.1) is 14.2 Å². The first-order valence-electron chi connectivity index (χ1n) is 9.93. The maximum Gasteiger partial charge on any atom is 0.329 e. The molecule has 0 aromatic heterocycles. The molecule has 2 N–H and O–H groups in total. The number of hydrogen-bond acceptors (Lipinski definition) is 3. The van der Waals surface area contributed by atoms with Crippen molar-refractivity contribution in [3.05, 3.63) is 65.2 Å². The number of ether oxygens (including phenoxy) is 1. The third-order valence-corrected chi connectivity index (χ3v) is 5.50. The molecule has 1 saturated heterocycles. The smallest absolute Gasteiger partial charge is 0.329 e. The normalized spacial score (nSPS) is 20.1. The number of imide groups is 1. The zero-order valence-corrected chi connectivity index (χ0v) is 17.8. The van der Waals surface area contributed by atoms with Gasteiger partial charge in [-0.3, -0.25) is 4.79 Å². The summed E-state index contributed by atoms with van der Waals surface area (Å²) >= 11 is 0. The van der Waals surface area contributed by atoms with Gasteiger partial charge in [-0.2, -0.15) is 0 Å². The van der Waals surface area contributed by atoms with E-state index in [9.17, 15) is 9.59 Å². The summed E-state index contributed by atoms with van der Waals surface area (Å²) in [5, 5.41) is 2.86. The van der Waals surface area contributed by atoms with Gasteiger partial charge >= 0.3 is 6.03 Å². The Morgan fingerprint density at radius 2 is 1.83 bits per heavy atom. The molecule has 3 amide bonds. The predicted molar refractivity (Wildman–Crippen MR) is 112 cm³/mol. The van der Waals surface area contributed by atoms with Gasteiger partial charge < -0.3 is 15.0 Å². The van der Waals surface area contributed by atoms with Crippen LogP contribution < -0.4 is 15.0 Å². The van der Waals surface area contributed by atoms with Crippen molar-refractivity contribution in [2.24, 2.45) is 0 Å². The number of quaternary nitrogens is 1. The first kappa shape index (κ1) is 20.9. The molecule has 6 nitrogen and oxygen atoms in total. The summed E-state index contributed by atoms with van der Waals surface area (Å²) in [7, 11) is 3.56. The highest BCUT2D eigenvalue weighted by atomic mass is 16.5. The van der Waals surface area contributed by atoms with E-state index in [-0.39, 0.29) is 11.9 Å². The highest BCUT2D eigenvalue weighted by Crippen LogP contribution is 2.30. The van der Waals surface area contributed by atoms with Gasteiger partial charge in [0, 0.05) is 5.56 Å². The third kappa shape index (κ3) is 4.27. The molecule has 3 rings (SSSR count). The molecule has 154 valence electrons. The minimum Gasteiger partial charge on any atom is -0.497 e. The van der Waals surface area contributed by atoms with Crippen molar-refractivity contribution in [2.45, 2.75) is 38.8 Å². The second-order valence-corrected chi connectivity index (χ2v) is 8.21. The van der Waals surface area contributed by atoms with Gasteiger partial charge in [-0.05, 0) is 36.1 Å². The molecule has 1 aliphatic heterocycles. The minimum atomic E-state index is -1.09. The summed E-state index contributed by atoms with van der Waals surface area (Å²) in [4.78, 5) is 28.1. The number of rotatable bonds is 7. The number of nitrogens with zero attached hydrogens (tertiary/aromatic N) is 1. The molecule has 0 radical (unpaired) electrons. The van der Waals surface area contributed by atoms with Crippen molar-refractivity contribution in [3.8, 4) is 5.75 Å². The van der Waals surface area contributed by atoms with Crippen LogP contribution in [0.1, 0.15) is 43.4 Å². The Hall–Kier alpha value is -2.86. The molecule has 1 fully saturated rings. The van der Waals surface area contributed by atoms with Gasteiger partial charge in [-0.1, -0.05) is 50.2 Å². The van der Waals surface area contributed by atoms with Crippen LogP contribution in [-0.4, -0.2) is 37.7 Å². The van der Waals surface area contributed by atoms with Crippen LogP contribution in [0.3, 0.4) is 0 Å². The molecule has 0 bridgehead atoms. The van der Waals surface area contributed by atoms with E-state index in [4.69, 9.17) is 4.74 Å². The Bertz CT molecular complexity index is 894. The molecule has 29 heavy (non-hydrogen) atoms. The van der Waals surface area contributed by atoms with Crippen molar-refractivity contribution in [1.82, 2.24) is 10.2 Å². The molecule has 2 aromatic rings. The molecule has 2 aromatic carbocycles. The Morgan fingerprint density at radius 1 is 1.14 bits per heavy atom. The molecular weight excluding hydrogens is 366 g/mol. The number of carbonyl (C=O) groups is 2. The zero-order valence-electron chi connectivity index (χ0n) is 17.8. The summed E-state index contributed by atoms with van der Waals surface area (Å²) in [6, 6.07) is 15.4. The Labute approximate surface area is 172 Å². The van der Waals surface area contributed by atoms with Crippen LogP contribution in [0.2, 0.25) is 0 Å². The first-order valence-corrected chi connectivity index (χ1v) is 9.93. The highest BCUT2D eigenvalue weighted by molar-refractivity contribution is 6.07. The van der Waals surface area contributed by atoms with E-state index in [0.29, 0.717) is 23.9 Å². The minimum absolute atomic E-state index is 0.245. The van der Waals surface area contributed by atoms with Crippen LogP contribution in [0, 0.1) is 0 Å². The maximum absolute atomic E-state index is 13.1. The molecule has 0 spiro atoms. The lowest BCUT2D eigenvalue weighted by Gasteiger charge is -2.23. The van der Waals surface area contributed by atoms with Crippen LogP contribution in [0.5, 0.6) is 5.75 Å². The Kier molecular flexibility index (Phi) is 5.94. The van der Waals surface area contributed by atoms with Crippen LogP contribution in [0.15, 0.2) is 48.5 Å². The molecular formula is C23H30N3O3+. The fraction of sp³-hybridized carbons (Fsp3) is 0.391. The quantitative estimate of drug-likeness (QED) is 0.706. The number of carbonyl (C=O) groups excluding carboxylic acids is 2. The van der Waals surface area contributed by atoms with Crippen molar-refractivity contribution >= 4 is 11.9 Å². The van der Waals surface area contributed by atoms with E-state index >= 15 is 0 Å². The molecule has 2 atom stereocenters.